The normalized spacial score (nSPS) is 12.2. The van der Waals surface area contributed by atoms with Crippen molar-refractivity contribution in [1.82, 2.24) is 14.1 Å². The molecular formula is C68H58N4OSi. The predicted octanol–water partition coefficient (Wildman–Crippen LogP) is 13.6. The Kier molecular flexibility index (Phi) is 11.6. The molecule has 0 amide bonds. The second-order valence-electron chi connectivity index (χ2n) is 21.4. The number of fused-ring (bicyclic) bond motifs is 4. The molecule has 74 heavy (non-hydrogen) atoms. The highest BCUT2D eigenvalue weighted by atomic mass is 28.3. The van der Waals surface area contributed by atoms with Crippen molar-refractivity contribution in [2.75, 3.05) is 0 Å². The second-order valence-corrected chi connectivity index (χ2v) is 25.2. The van der Waals surface area contributed by atoms with Gasteiger partial charge in [-0.1, -0.05) is 224 Å². The molecule has 12 rings (SSSR count). The summed E-state index contributed by atoms with van der Waals surface area (Å²) in [5.41, 5.74) is 10.8. The van der Waals surface area contributed by atoms with Gasteiger partial charge in [-0.15, -0.1) is 0 Å². The summed E-state index contributed by atoms with van der Waals surface area (Å²) < 4.78 is 13.6. The monoisotopic (exact) mass is 974 g/mol. The third kappa shape index (κ3) is 8.12. The third-order valence-corrected chi connectivity index (χ3v) is 19.4. The summed E-state index contributed by atoms with van der Waals surface area (Å²) in [7, 11) is -2.81. The summed E-state index contributed by atoms with van der Waals surface area (Å²) in [6, 6.07) is 85.9. The van der Waals surface area contributed by atoms with Gasteiger partial charge in [-0.2, -0.15) is 0 Å². The number of nitrogens with zero attached hydrogens (tertiary/aromatic N) is 4. The number of hydrogen-bond donors (Lipinski definition) is 0. The first-order valence-corrected chi connectivity index (χ1v) is 27.6. The van der Waals surface area contributed by atoms with Crippen LogP contribution in [0.5, 0.6) is 11.5 Å². The molecule has 0 bridgehead atoms. The van der Waals surface area contributed by atoms with Crippen molar-refractivity contribution in [3.05, 3.63) is 260 Å². The molecule has 360 valence electrons. The first-order chi connectivity index (χ1) is 36.0. The van der Waals surface area contributed by atoms with E-state index in [2.05, 4.69) is 292 Å². The maximum Gasteiger partial charge on any atom is 0.269 e. The smallest absolute Gasteiger partial charge is 0.269 e. The molecule has 0 aliphatic heterocycles. The van der Waals surface area contributed by atoms with Crippen molar-refractivity contribution in [2.24, 2.45) is 0 Å². The maximum absolute atomic E-state index is 6.83. The van der Waals surface area contributed by atoms with Crippen molar-refractivity contribution in [1.29, 1.82) is 0 Å². The van der Waals surface area contributed by atoms with Crippen LogP contribution in [-0.2, 0) is 10.8 Å². The van der Waals surface area contributed by atoms with Crippen LogP contribution in [0.2, 0.25) is 0 Å². The lowest BCUT2D eigenvalue weighted by atomic mass is 9.83. The van der Waals surface area contributed by atoms with Gasteiger partial charge in [0.2, 0.25) is 0 Å². The zero-order valence-electron chi connectivity index (χ0n) is 42.8. The van der Waals surface area contributed by atoms with Gasteiger partial charge in [-0.05, 0) is 102 Å². The number of rotatable bonds is 10. The molecule has 0 unspecified atom stereocenters. The standard InChI is InChI=1S/C68H58N4OSi/c1-67(2,3)49-41-42-69-65(44-49)72-61-36-17-16-33-58(61)59-40-39-52(46-64(59)72)73-51-25-21-24-50(45-51)70-47-71(63-38-19-18-37-62(63)70)66-57(34-22-35-60(66)68(4,5)6)48-23-20-32-56(43-48)74(53-26-10-7-11-27-53,54-28-12-8-13-29-54)55-30-14-9-15-31-55/h7-46H,1-6H3. The summed E-state index contributed by atoms with van der Waals surface area (Å²) in [6.45, 7) is 13.6. The first kappa shape index (κ1) is 46.5. The Morgan fingerprint density at radius 3 is 1.76 bits per heavy atom. The van der Waals surface area contributed by atoms with Gasteiger partial charge in [-0.3, -0.25) is 13.7 Å². The van der Waals surface area contributed by atoms with Gasteiger partial charge < -0.3 is 4.74 Å². The molecule has 0 N–H and O–H groups in total. The lowest BCUT2D eigenvalue weighted by molar-refractivity contribution is -0.572. The third-order valence-electron chi connectivity index (χ3n) is 14.7. The van der Waals surface area contributed by atoms with E-state index in [0.717, 1.165) is 67.3 Å². The maximum atomic E-state index is 6.83. The molecule has 9 aromatic carbocycles. The molecule has 12 aromatic rings. The van der Waals surface area contributed by atoms with Gasteiger partial charge in [0.25, 0.3) is 6.33 Å². The molecule has 6 heteroatoms. The van der Waals surface area contributed by atoms with Crippen molar-refractivity contribution in [2.45, 2.75) is 52.4 Å². The van der Waals surface area contributed by atoms with Crippen molar-refractivity contribution in [3.8, 4) is 39.8 Å². The fraction of sp³-hybridized carbons (Fsp3) is 0.118. The molecule has 3 heterocycles. The summed E-state index contributed by atoms with van der Waals surface area (Å²) in [6.07, 6.45) is 5.84. The molecule has 5 nitrogen and oxygen atoms in total. The zero-order valence-corrected chi connectivity index (χ0v) is 43.8. The Labute approximate surface area is 435 Å². The minimum atomic E-state index is -2.81. The zero-order chi connectivity index (χ0) is 50.6. The van der Waals surface area contributed by atoms with Gasteiger partial charge >= 0.3 is 0 Å². The van der Waals surface area contributed by atoms with Gasteiger partial charge in [0.15, 0.2) is 8.07 Å². The van der Waals surface area contributed by atoms with Crippen LogP contribution < -0.4 is 30.1 Å². The molecule has 0 radical (unpaired) electrons. The van der Waals surface area contributed by atoms with E-state index in [1.54, 1.807) is 0 Å². The molecule has 0 atom stereocenters. The number of aromatic nitrogens is 4. The van der Waals surface area contributed by atoms with E-state index < -0.39 is 8.07 Å². The SMILES string of the molecule is CC(C)(C)c1ccnc(-n2c3ccccc3c3ccc(Oc4cccc(-n5[c-][n+](-c6c(-c7cccc([Si](c8ccccc8)(c8ccccc8)c8ccccc8)c7)cccc6C(C)(C)C)c6ccccc65)c4)cc32)c1. The van der Waals surface area contributed by atoms with E-state index in [9.17, 15) is 0 Å². The average Bonchev–Trinajstić information content (AvgIpc) is 3.98. The highest BCUT2D eigenvalue weighted by Crippen LogP contribution is 2.38. The Hall–Kier alpha value is -8.58. The predicted molar refractivity (Wildman–Crippen MR) is 309 cm³/mol. The number of para-hydroxylation sites is 4. The second kappa shape index (κ2) is 18.5. The van der Waals surface area contributed by atoms with E-state index in [1.165, 1.54) is 37.3 Å². The molecule has 0 saturated carbocycles. The first-order valence-electron chi connectivity index (χ1n) is 25.6. The number of pyridine rings is 1. The fourth-order valence-electron chi connectivity index (χ4n) is 11.1. The van der Waals surface area contributed by atoms with Crippen LogP contribution in [-0.4, -0.2) is 22.2 Å². The van der Waals surface area contributed by atoms with Gasteiger partial charge in [0.05, 0.1) is 33.4 Å². The number of hydrogen-bond acceptors (Lipinski definition) is 2. The topological polar surface area (TPSA) is 35.9 Å². The molecule has 0 saturated heterocycles. The lowest BCUT2D eigenvalue weighted by Crippen LogP contribution is -2.74. The summed E-state index contributed by atoms with van der Waals surface area (Å²) in [5.74, 6) is 2.36. The highest BCUT2D eigenvalue weighted by molar-refractivity contribution is 7.19. The number of ether oxygens (including phenoxy) is 1. The fourth-order valence-corrected chi connectivity index (χ4v) is 15.9. The summed E-state index contributed by atoms with van der Waals surface area (Å²) >= 11 is 0. The molecule has 0 spiro atoms. The van der Waals surface area contributed by atoms with Crippen molar-refractivity contribution < 1.29 is 9.30 Å². The average molecular weight is 975 g/mol. The van der Waals surface area contributed by atoms with Crippen LogP contribution in [0.25, 0.3) is 61.2 Å². The van der Waals surface area contributed by atoms with Crippen LogP contribution in [0.4, 0.5) is 0 Å². The molecule has 0 aliphatic carbocycles. The van der Waals surface area contributed by atoms with E-state index in [0.29, 0.717) is 0 Å². The minimum absolute atomic E-state index is 0.0227. The van der Waals surface area contributed by atoms with Crippen LogP contribution in [0.15, 0.2) is 243 Å². The van der Waals surface area contributed by atoms with E-state index in [1.807, 2.05) is 12.3 Å². The van der Waals surface area contributed by atoms with Crippen LogP contribution in [0.1, 0.15) is 52.7 Å². The Bertz CT molecular complexity index is 3920. The molecular weight excluding hydrogens is 917 g/mol. The Balaban J connectivity index is 0.984. The minimum Gasteiger partial charge on any atom is -0.458 e. The van der Waals surface area contributed by atoms with Crippen LogP contribution >= 0.6 is 0 Å². The van der Waals surface area contributed by atoms with Crippen LogP contribution in [0, 0.1) is 6.33 Å². The number of benzene rings is 9. The Morgan fingerprint density at radius 1 is 0.473 bits per heavy atom. The summed E-state index contributed by atoms with van der Waals surface area (Å²) in [5, 5.41) is 7.68. The van der Waals surface area contributed by atoms with E-state index >= 15 is 0 Å². The number of imidazole rings is 1. The molecule has 0 fully saturated rings. The van der Waals surface area contributed by atoms with Gasteiger partial charge in [0, 0.05) is 23.0 Å². The van der Waals surface area contributed by atoms with Gasteiger partial charge in [-0.25, -0.2) is 4.98 Å². The largest absolute Gasteiger partial charge is 0.458 e. The molecule has 0 aliphatic rings. The summed E-state index contributed by atoms with van der Waals surface area (Å²) in [4.78, 5) is 4.91. The highest BCUT2D eigenvalue weighted by Gasteiger charge is 2.41. The lowest BCUT2D eigenvalue weighted by Gasteiger charge is -2.35. The quantitative estimate of drug-likeness (QED) is 0.0592. The van der Waals surface area contributed by atoms with E-state index in [-0.39, 0.29) is 10.8 Å². The van der Waals surface area contributed by atoms with Crippen LogP contribution in [0.3, 0.4) is 0 Å². The van der Waals surface area contributed by atoms with E-state index in [4.69, 9.17) is 9.72 Å². The van der Waals surface area contributed by atoms with Crippen molar-refractivity contribution >= 4 is 61.7 Å². The molecule has 3 aromatic heterocycles. The van der Waals surface area contributed by atoms with Crippen molar-refractivity contribution in [3.63, 3.8) is 0 Å². The Morgan fingerprint density at radius 2 is 1.07 bits per heavy atom. The van der Waals surface area contributed by atoms with Gasteiger partial charge in [0.1, 0.15) is 17.3 Å².